The lowest BCUT2D eigenvalue weighted by Gasteiger charge is -2.09. The van der Waals surface area contributed by atoms with Crippen molar-refractivity contribution in [2.45, 2.75) is 13.8 Å². The molecule has 0 bridgehead atoms. The van der Waals surface area contributed by atoms with Gasteiger partial charge in [0.15, 0.2) is 0 Å². The van der Waals surface area contributed by atoms with Crippen molar-refractivity contribution in [2.24, 2.45) is 0 Å². The monoisotopic (exact) mass is 405 g/mol. The van der Waals surface area contributed by atoms with Crippen molar-refractivity contribution in [2.75, 3.05) is 0 Å². The molecule has 0 unspecified atom stereocenters. The zero-order chi connectivity index (χ0) is 20.9. The average Bonchev–Trinajstić information content (AvgIpc) is 3.52. The zero-order valence-corrected chi connectivity index (χ0v) is 17.1. The van der Waals surface area contributed by atoms with Gasteiger partial charge in [0.2, 0.25) is 0 Å². The van der Waals surface area contributed by atoms with E-state index in [-0.39, 0.29) is 0 Å². The molecule has 0 aliphatic rings. The minimum Gasteiger partial charge on any atom is -0.278 e. The topological polar surface area (TPSA) is 77.2 Å². The Labute approximate surface area is 178 Å². The summed E-state index contributed by atoms with van der Waals surface area (Å²) < 4.78 is 3.88. The van der Waals surface area contributed by atoms with Crippen LogP contribution in [-0.2, 0) is 0 Å². The van der Waals surface area contributed by atoms with Gasteiger partial charge in [0, 0.05) is 17.1 Å². The number of hydrogen-bond acceptors (Lipinski definition) is 4. The first kappa shape index (κ1) is 17.6. The number of fused-ring (bicyclic) bond motifs is 2. The third-order valence-corrected chi connectivity index (χ3v) is 5.54. The molecule has 0 radical (unpaired) electrons. The van der Waals surface area contributed by atoms with Crippen LogP contribution >= 0.6 is 0 Å². The molecule has 6 aromatic rings. The second-order valence-electron chi connectivity index (χ2n) is 7.70. The van der Waals surface area contributed by atoms with Gasteiger partial charge >= 0.3 is 0 Å². The highest BCUT2D eigenvalue weighted by Gasteiger charge is 2.15. The minimum atomic E-state index is 0.884. The number of aromatic nitrogens is 7. The molecule has 4 aromatic heterocycles. The molecule has 7 heteroatoms. The molecule has 0 atom stereocenters. The molecule has 0 saturated heterocycles. The molecular weight excluding hydrogens is 386 g/mol. The van der Waals surface area contributed by atoms with E-state index in [1.807, 2.05) is 59.1 Å². The van der Waals surface area contributed by atoms with E-state index in [9.17, 15) is 0 Å². The van der Waals surface area contributed by atoms with Crippen LogP contribution in [0, 0.1) is 13.8 Å². The lowest BCUT2D eigenvalue weighted by molar-refractivity contribution is 0.884. The minimum absolute atomic E-state index is 0.884. The summed E-state index contributed by atoms with van der Waals surface area (Å²) in [5.41, 5.74) is 8.83. The molecule has 31 heavy (non-hydrogen) atoms. The van der Waals surface area contributed by atoms with Gasteiger partial charge in [-0.05, 0) is 61.9 Å². The molecule has 7 nitrogen and oxygen atoms in total. The third kappa shape index (κ3) is 2.82. The molecule has 4 heterocycles. The summed E-state index contributed by atoms with van der Waals surface area (Å²) in [4.78, 5) is 4.74. The van der Waals surface area contributed by atoms with E-state index in [4.69, 9.17) is 10.1 Å². The molecule has 0 fully saturated rings. The standard InChI is InChI=1S/C24H19N7/c1-15-4-3-5-19(10-15)30-22(8-9-27-30)18-11-23-24(25-13-18)16(2)29-31(23)20-7-6-17-14-26-28-21(17)12-20/h3-14H,1-2H3,(H,26,28). The zero-order valence-electron chi connectivity index (χ0n) is 17.1. The molecule has 0 spiro atoms. The van der Waals surface area contributed by atoms with Gasteiger partial charge in [0.05, 0.1) is 46.2 Å². The quantitative estimate of drug-likeness (QED) is 0.460. The number of benzene rings is 2. The van der Waals surface area contributed by atoms with Gasteiger partial charge in [-0.1, -0.05) is 12.1 Å². The molecule has 1 N–H and O–H groups in total. The number of aromatic amines is 1. The maximum atomic E-state index is 4.76. The van der Waals surface area contributed by atoms with E-state index in [2.05, 4.69) is 52.6 Å². The van der Waals surface area contributed by atoms with Gasteiger partial charge in [-0.2, -0.15) is 15.3 Å². The van der Waals surface area contributed by atoms with E-state index >= 15 is 0 Å². The van der Waals surface area contributed by atoms with Crippen LogP contribution < -0.4 is 0 Å². The van der Waals surface area contributed by atoms with Gasteiger partial charge in [-0.3, -0.25) is 10.1 Å². The van der Waals surface area contributed by atoms with Gasteiger partial charge in [-0.25, -0.2) is 9.36 Å². The van der Waals surface area contributed by atoms with Gasteiger partial charge in [0.25, 0.3) is 0 Å². The summed E-state index contributed by atoms with van der Waals surface area (Å²) in [6.07, 6.45) is 5.52. The first-order valence-electron chi connectivity index (χ1n) is 10.1. The summed E-state index contributed by atoms with van der Waals surface area (Å²) in [5.74, 6) is 0. The highest BCUT2D eigenvalue weighted by atomic mass is 15.3. The number of hydrogen-bond donors (Lipinski definition) is 1. The second-order valence-corrected chi connectivity index (χ2v) is 7.70. The van der Waals surface area contributed by atoms with Crippen LogP contribution in [0.25, 0.3) is 44.6 Å². The molecule has 0 aliphatic carbocycles. The molecule has 2 aromatic carbocycles. The lowest BCUT2D eigenvalue weighted by Crippen LogP contribution is -2.00. The number of nitrogens with zero attached hydrogens (tertiary/aromatic N) is 6. The normalized spacial score (nSPS) is 11.5. The van der Waals surface area contributed by atoms with E-state index in [0.717, 1.165) is 50.3 Å². The van der Waals surface area contributed by atoms with Crippen LogP contribution in [0.15, 0.2) is 73.2 Å². The molecule has 0 saturated carbocycles. The van der Waals surface area contributed by atoms with Gasteiger partial charge in [0.1, 0.15) is 5.52 Å². The van der Waals surface area contributed by atoms with Crippen molar-refractivity contribution in [3.63, 3.8) is 0 Å². The van der Waals surface area contributed by atoms with Gasteiger partial charge in [-0.15, -0.1) is 0 Å². The Hall–Kier alpha value is -4.26. The summed E-state index contributed by atoms with van der Waals surface area (Å²) >= 11 is 0. The Kier molecular flexibility index (Phi) is 3.76. The number of rotatable bonds is 3. The Morgan fingerprint density at radius 2 is 1.77 bits per heavy atom. The fourth-order valence-corrected chi connectivity index (χ4v) is 4.03. The molecule has 6 rings (SSSR count). The van der Waals surface area contributed by atoms with Crippen molar-refractivity contribution in [1.29, 1.82) is 0 Å². The summed E-state index contributed by atoms with van der Waals surface area (Å²) in [7, 11) is 0. The number of pyridine rings is 1. The smallest absolute Gasteiger partial charge is 0.112 e. The first-order valence-corrected chi connectivity index (χ1v) is 10.1. The fraction of sp³-hybridized carbons (Fsp3) is 0.0833. The van der Waals surface area contributed by atoms with Crippen molar-refractivity contribution in [3.8, 4) is 22.6 Å². The Morgan fingerprint density at radius 3 is 2.68 bits per heavy atom. The molecule has 0 aliphatic heterocycles. The maximum absolute atomic E-state index is 4.76. The van der Waals surface area contributed by atoms with E-state index in [1.165, 1.54) is 5.56 Å². The molecule has 0 amide bonds. The van der Waals surface area contributed by atoms with Crippen LogP contribution in [0.4, 0.5) is 0 Å². The predicted octanol–water partition coefficient (Wildman–Crippen LogP) is 4.77. The predicted molar refractivity (Wildman–Crippen MR) is 121 cm³/mol. The first-order chi connectivity index (χ1) is 15.2. The molecular formula is C24H19N7. The third-order valence-electron chi connectivity index (χ3n) is 5.54. The van der Waals surface area contributed by atoms with Crippen LogP contribution in [0.1, 0.15) is 11.3 Å². The van der Waals surface area contributed by atoms with Crippen molar-refractivity contribution < 1.29 is 0 Å². The molecule has 150 valence electrons. The maximum Gasteiger partial charge on any atom is 0.112 e. The number of aryl methyl sites for hydroxylation is 2. The van der Waals surface area contributed by atoms with Crippen molar-refractivity contribution >= 4 is 21.9 Å². The van der Waals surface area contributed by atoms with E-state index in [1.54, 1.807) is 0 Å². The van der Waals surface area contributed by atoms with E-state index in [0.29, 0.717) is 0 Å². The highest BCUT2D eigenvalue weighted by molar-refractivity contribution is 5.85. The largest absolute Gasteiger partial charge is 0.278 e. The Balaban J connectivity index is 1.53. The van der Waals surface area contributed by atoms with Crippen LogP contribution in [0.5, 0.6) is 0 Å². The highest BCUT2D eigenvalue weighted by Crippen LogP contribution is 2.28. The van der Waals surface area contributed by atoms with Crippen molar-refractivity contribution in [1.82, 2.24) is 34.7 Å². The van der Waals surface area contributed by atoms with Gasteiger partial charge < -0.3 is 0 Å². The summed E-state index contributed by atoms with van der Waals surface area (Å²) in [6, 6.07) is 18.6. The summed E-state index contributed by atoms with van der Waals surface area (Å²) in [5, 5.41) is 17.5. The van der Waals surface area contributed by atoms with Crippen molar-refractivity contribution in [3.05, 3.63) is 84.4 Å². The van der Waals surface area contributed by atoms with Crippen LogP contribution in [0.3, 0.4) is 0 Å². The average molecular weight is 405 g/mol. The van der Waals surface area contributed by atoms with Crippen LogP contribution in [-0.4, -0.2) is 34.7 Å². The number of nitrogens with one attached hydrogen (secondary N) is 1. The SMILES string of the molecule is Cc1cccc(-n2nccc2-c2cnc3c(C)nn(-c4ccc5cn[nH]c5c4)c3c2)c1. The Morgan fingerprint density at radius 1 is 0.871 bits per heavy atom. The van der Waals surface area contributed by atoms with E-state index < -0.39 is 0 Å². The lowest BCUT2D eigenvalue weighted by atomic mass is 10.1. The second kappa shape index (κ2) is 6.63. The van der Waals surface area contributed by atoms with Crippen LogP contribution in [0.2, 0.25) is 0 Å². The number of H-pyrrole nitrogens is 1. The summed E-state index contributed by atoms with van der Waals surface area (Å²) in [6.45, 7) is 4.06. The fourth-order valence-electron chi connectivity index (χ4n) is 4.03. The Bertz CT molecular complexity index is 1570.